The Labute approximate surface area is 71.6 Å². The van der Waals surface area contributed by atoms with Crippen LogP contribution in [-0.4, -0.2) is 24.4 Å². The number of aliphatic hydroxyl groups excluding tert-OH is 1. The van der Waals surface area contributed by atoms with Crippen LogP contribution in [0.25, 0.3) is 0 Å². The molecule has 0 aromatic rings. The van der Waals surface area contributed by atoms with E-state index in [9.17, 15) is 0 Å². The molecule has 1 atom stereocenters. The van der Waals surface area contributed by atoms with Crippen molar-refractivity contribution >= 4 is 0 Å². The van der Waals surface area contributed by atoms with Gasteiger partial charge in [-0.05, 0) is 12.8 Å². The van der Waals surface area contributed by atoms with E-state index in [4.69, 9.17) is 9.84 Å². The normalized spacial score (nSPS) is 11.7. The van der Waals surface area contributed by atoms with Gasteiger partial charge < -0.3 is 9.84 Å². The molecular weight excluding hydrogens is 140 g/mol. The fourth-order valence-corrected chi connectivity index (χ4v) is 0.409. The zero-order chi connectivity index (χ0) is 7.28. The van der Waals surface area contributed by atoms with E-state index in [1.807, 2.05) is 6.92 Å². The largest absolute Gasteiger partial charge is 0.394 e. The third-order valence-electron chi connectivity index (χ3n) is 0.971. The number of hydrogen-bond donors (Lipinski definition) is 1. The molecule has 0 aromatic heterocycles. The van der Waals surface area contributed by atoms with E-state index >= 15 is 0 Å². The fraction of sp³-hybridized carbons (Fsp3) is 1.00. The average molecular weight is 164 g/mol. The lowest BCUT2D eigenvalue weighted by Gasteiger charge is -2.11. The summed E-state index contributed by atoms with van der Waals surface area (Å²) in [5.74, 6) is 0.555. The van der Waals surface area contributed by atoms with Crippen molar-refractivity contribution in [3.63, 3.8) is 0 Å². The molecule has 0 amide bonds. The monoisotopic (exact) mass is 164 g/mol. The Hall–Kier alpha value is -0.0800. The molecule has 0 saturated heterocycles. The highest BCUT2D eigenvalue weighted by atomic mass is 16.5. The smallest absolute Gasteiger partial charge is 0.0777 e. The van der Waals surface area contributed by atoms with Gasteiger partial charge in [-0.1, -0.05) is 28.7 Å². The van der Waals surface area contributed by atoms with Gasteiger partial charge in [0.25, 0.3) is 0 Å². The van der Waals surface area contributed by atoms with Crippen LogP contribution in [0.1, 0.15) is 35.6 Å². The summed E-state index contributed by atoms with van der Waals surface area (Å²) in [5, 5.41) is 8.52. The standard InChI is InChI=1S/C7H16O2.2CH4/c1-6(2)5-9-7(3)4-8;;/h6-8H,4-5H2,1-3H3;2*1H4. The number of aliphatic hydroxyl groups is 1. The zero-order valence-electron chi connectivity index (χ0n) is 6.42. The third-order valence-corrected chi connectivity index (χ3v) is 0.971. The van der Waals surface area contributed by atoms with Gasteiger partial charge in [-0.3, -0.25) is 0 Å². The van der Waals surface area contributed by atoms with Crippen molar-refractivity contribution in [2.75, 3.05) is 13.2 Å². The summed E-state index contributed by atoms with van der Waals surface area (Å²) >= 11 is 0. The van der Waals surface area contributed by atoms with Gasteiger partial charge in [-0.2, -0.15) is 0 Å². The van der Waals surface area contributed by atoms with Crippen molar-refractivity contribution in [3.05, 3.63) is 0 Å². The first-order valence-electron chi connectivity index (χ1n) is 3.39. The lowest BCUT2D eigenvalue weighted by Crippen LogP contribution is -2.15. The molecule has 0 aromatic carbocycles. The molecule has 0 bridgehead atoms. The van der Waals surface area contributed by atoms with Crippen LogP contribution in [0.4, 0.5) is 0 Å². The molecule has 2 heteroatoms. The van der Waals surface area contributed by atoms with Crippen molar-refractivity contribution in [2.24, 2.45) is 5.92 Å². The highest BCUT2D eigenvalue weighted by Crippen LogP contribution is 1.96. The van der Waals surface area contributed by atoms with Crippen LogP contribution in [0, 0.1) is 5.92 Å². The van der Waals surface area contributed by atoms with Gasteiger partial charge in [0.15, 0.2) is 0 Å². The van der Waals surface area contributed by atoms with E-state index < -0.39 is 0 Å². The van der Waals surface area contributed by atoms with Gasteiger partial charge in [0.05, 0.1) is 12.7 Å². The zero-order valence-corrected chi connectivity index (χ0v) is 6.42. The van der Waals surface area contributed by atoms with Gasteiger partial charge in [-0.15, -0.1) is 0 Å². The Balaban J connectivity index is -0.000000320. The molecule has 2 nitrogen and oxygen atoms in total. The van der Waals surface area contributed by atoms with Crippen LogP contribution in [0.15, 0.2) is 0 Å². The van der Waals surface area contributed by atoms with Gasteiger partial charge in [0.2, 0.25) is 0 Å². The Bertz CT molecular complexity index is 62.6. The first-order valence-corrected chi connectivity index (χ1v) is 3.39. The van der Waals surface area contributed by atoms with Gasteiger partial charge in [-0.25, -0.2) is 0 Å². The summed E-state index contributed by atoms with van der Waals surface area (Å²) in [6.07, 6.45) is -0.00704. The van der Waals surface area contributed by atoms with Crippen molar-refractivity contribution in [1.82, 2.24) is 0 Å². The van der Waals surface area contributed by atoms with Crippen LogP contribution in [0.5, 0.6) is 0 Å². The highest BCUT2D eigenvalue weighted by molar-refractivity contribution is 4.46. The van der Waals surface area contributed by atoms with Gasteiger partial charge >= 0.3 is 0 Å². The minimum Gasteiger partial charge on any atom is -0.394 e. The highest BCUT2D eigenvalue weighted by Gasteiger charge is 1.99. The minimum absolute atomic E-state index is 0. The third kappa shape index (κ3) is 13.0. The molecule has 1 unspecified atom stereocenters. The maximum Gasteiger partial charge on any atom is 0.0777 e. The van der Waals surface area contributed by atoms with Crippen molar-refractivity contribution < 1.29 is 9.84 Å². The predicted octanol–water partition coefficient (Wildman–Crippen LogP) is 2.31. The quantitative estimate of drug-likeness (QED) is 0.691. The number of rotatable bonds is 4. The van der Waals surface area contributed by atoms with Crippen molar-refractivity contribution in [3.8, 4) is 0 Å². The van der Waals surface area contributed by atoms with E-state index in [0.717, 1.165) is 6.61 Å². The molecule has 0 aliphatic rings. The second-order valence-corrected chi connectivity index (χ2v) is 2.72. The molecule has 0 aliphatic carbocycles. The summed E-state index contributed by atoms with van der Waals surface area (Å²) < 4.78 is 5.20. The van der Waals surface area contributed by atoms with Crippen LogP contribution in [0.3, 0.4) is 0 Å². The lowest BCUT2D eigenvalue weighted by molar-refractivity contribution is 0.0117. The fourth-order valence-electron chi connectivity index (χ4n) is 0.409. The molecule has 0 saturated carbocycles. The SMILES string of the molecule is C.C.CC(C)COC(C)CO. The van der Waals surface area contributed by atoms with E-state index in [-0.39, 0.29) is 27.6 Å². The molecular formula is C9H24O2. The maximum absolute atomic E-state index is 8.52. The predicted molar refractivity (Wildman–Crippen MR) is 50.8 cm³/mol. The van der Waals surface area contributed by atoms with Gasteiger partial charge in [0, 0.05) is 6.61 Å². The molecule has 0 heterocycles. The molecule has 0 rings (SSSR count). The van der Waals surface area contributed by atoms with E-state index in [0.29, 0.717) is 5.92 Å². The van der Waals surface area contributed by atoms with E-state index in [2.05, 4.69) is 13.8 Å². The van der Waals surface area contributed by atoms with Gasteiger partial charge in [0.1, 0.15) is 0 Å². The molecule has 0 fully saturated rings. The molecule has 72 valence electrons. The molecule has 11 heavy (non-hydrogen) atoms. The molecule has 0 spiro atoms. The summed E-state index contributed by atoms with van der Waals surface area (Å²) in [6, 6.07) is 0. The molecule has 0 aliphatic heterocycles. The summed E-state index contributed by atoms with van der Waals surface area (Å²) in [7, 11) is 0. The van der Waals surface area contributed by atoms with Crippen LogP contribution in [-0.2, 0) is 4.74 Å². The summed E-state index contributed by atoms with van der Waals surface area (Å²) in [5.41, 5.74) is 0. The van der Waals surface area contributed by atoms with Crippen molar-refractivity contribution in [1.29, 1.82) is 0 Å². The van der Waals surface area contributed by atoms with Crippen LogP contribution < -0.4 is 0 Å². The summed E-state index contributed by atoms with van der Waals surface area (Å²) in [6.45, 7) is 6.89. The van der Waals surface area contributed by atoms with Crippen molar-refractivity contribution in [2.45, 2.75) is 41.7 Å². The first kappa shape index (κ1) is 17.1. The second kappa shape index (κ2) is 9.92. The number of hydrogen-bond acceptors (Lipinski definition) is 2. The Kier molecular flexibility index (Phi) is 15.4. The minimum atomic E-state index is -0.00704. The van der Waals surface area contributed by atoms with Crippen LogP contribution in [0.2, 0.25) is 0 Å². The molecule has 0 radical (unpaired) electrons. The first-order chi connectivity index (χ1) is 4.16. The number of ether oxygens (including phenoxy) is 1. The Morgan fingerprint density at radius 1 is 1.18 bits per heavy atom. The molecule has 1 N–H and O–H groups in total. The van der Waals surface area contributed by atoms with E-state index in [1.54, 1.807) is 0 Å². The van der Waals surface area contributed by atoms with Crippen LogP contribution >= 0.6 is 0 Å². The second-order valence-electron chi connectivity index (χ2n) is 2.72. The average Bonchev–Trinajstić information content (AvgIpc) is 1.83. The Morgan fingerprint density at radius 3 is 1.91 bits per heavy atom. The topological polar surface area (TPSA) is 29.5 Å². The maximum atomic E-state index is 8.52. The Morgan fingerprint density at radius 2 is 1.64 bits per heavy atom. The lowest BCUT2D eigenvalue weighted by atomic mass is 10.2. The summed E-state index contributed by atoms with van der Waals surface area (Å²) in [4.78, 5) is 0. The van der Waals surface area contributed by atoms with E-state index in [1.165, 1.54) is 0 Å².